The van der Waals surface area contributed by atoms with E-state index in [9.17, 15) is 14.0 Å². The number of carbonyl (C=O) groups is 2. The van der Waals surface area contributed by atoms with Gasteiger partial charge in [-0.15, -0.1) is 0 Å². The highest BCUT2D eigenvalue weighted by Crippen LogP contribution is 2.23. The molecule has 1 heterocycles. The lowest BCUT2D eigenvalue weighted by Gasteiger charge is -2.07. The van der Waals surface area contributed by atoms with Gasteiger partial charge in [-0.25, -0.2) is 4.39 Å². The summed E-state index contributed by atoms with van der Waals surface area (Å²) in [6, 6.07) is 11.6. The van der Waals surface area contributed by atoms with Crippen molar-refractivity contribution in [3.05, 3.63) is 65.1 Å². The maximum absolute atomic E-state index is 13.7. The van der Waals surface area contributed by atoms with Crippen molar-refractivity contribution in [1.29, 1.82) is 0 Å². The second-order valence-electron chi connectivity index (χ2n) is 5.44. The van der Waals surface area contributed by atoms with Crippen molar-refractivity contribution in [2.24, 2.45) is 0 Å². The molecular weight excluding hydrogens is 295 g/mol. The summed E-state index contributed by atoms with van der Waals surface area (Å²) in [5.74, 6) is -2.13. The highest BCUT2D eigenvalue weighted by molar-refractivity contribution is 6.48. The minimum absolute atomic E-state index is 0.000782. The van der Waals surface area contributed by atoms with Crippen LogP contribution in [0.2, 0.25) is 0 Å². The number of fused-ring (bicyclic) bond motifs is 1. The Labute approximate surface area is 132 Å². The van der Waals surface area contributed by atoms with Gasteiger partial charge in [0.15, 0.2) is 0 Å². The van der Waals surface area contributed by atoms with E-state index in [-0.39, 0.29) is 5.69 Å². The van der Waals surface area contributed by atoms with E-state index >= 15 is 0 Å². The Morgan fingerprint density at radius 3 is 2.61 bits per heavy atom. The molecule has 0 aliphatic carbocycles. The fourth-order valence-corrected chi connectivity index (χ4v) is 2.60. The molecule has 0 aliphatic heterocycles. The van der Waals surface area contributed by atoms with Gasteiger partial charge >= 0.3 is 0 Å². The molecule has 1 amide bonds. The van der Waals surface area contributed by atoms with Crippen LogP contribution in [0.15, 0.2) is 42.5 Å². The molecule has 4 nitrogen and oxygen atoms in total. The third kappa shape index (κ3) is 2.73. The molecule has 0 radical (unpaired) electrons. The van der Waals surface area contributed by atoms with Gasteiger partial charge in [0.05, 0.1) is 11.3 Å². The fraction of sp³-hybridized carbons (Fsp3) is 0.111. The summed E-state index contributed by atoms with van der Waals surface area (Å²) in [6.07, 6.45) is 0. The van der Waals surface area contributed by atoms with Gasteiger partial charge in [-0.05, 0) is 37.6 Å². The van der Waals surface area contributed by atoms with Crippen LogP contribution in [0.3, 0.4) is 0 Å². The number of ketones is 1. The zero-order valence-corrected chi connectivity index (χ0v) is 12.7. The lowest BCUT2D eigenvalue weighted by molar-refractivity contribution is -0.112. The smallest absolute Gasteiger partial charge is 0.296 e. The molecule has 0 spiro atoms. The van der Waals surface area contributed by atoms with Gasteiger partial charge in [0, 0.05) is 16.6 Å². The summed E-state index contributed by atoms with van der Waals surface area (Å²) in [4.78, 5) is 27.8. The van der Waals surface area contributed by atoms with Gasteiger partial charge < -0.3 is 10.3 Å². The van der Waals surface area contributed by atoms with Crippen LogP contribution in [-0.2, 0) is 4.79 Å². The summed E-state index contributed by atoms with van der Waals surface area (Å²) >= 11 is 0. The van der Waals surface area contributed by atoms with E-state index in [1.54, 1.807) is 32.0 Å². The summed E-state index contributed by atoms with van der Waals surface area (Å²) in [6.45, 7) is 3.51. The summed E-state index contributed by atoms with van der Waals surface area (Å²) in [5, 5.41) is 3.03. The molecule has 116 valence electrons. The molecule has 2 aromatic carbocycles. The topological polar surface area (TPSA) is 62.0 Å². The number of H-pyrrole nitrogens is 1. The maximum Gasteiger partial charge on any atom is 0.296 e. The Balaban J connectivity index is 1.94. The summed E-state index contributed by atoms with van der Waals surface area (Å²) < 4.78 is 13.7. The van der Waals surface area contributed by atoms with Crippen LogP contribution in [0.25, 0.3) is 10.9 Å². The number of rotatable bonds is 3. The van der Waals surface area contributed by atoms with Crippen LogP contribution >= 0.6 is 0 Å². The first-order chi connectivity index (χ1) is 11.0. The van der Waals surface area contributed by atoms with Crippen molar-refractivity contribution in [3.8, 4) is 0 Å². The first-order valence-electron chi connectivity index (χ1n) is 7.16. The number of aryl methyl sites for hydroxylation is 2. The SMILES string of the molecule is Cc1ccc(F)c(NC(=O)C(=O)c2c(C)[nH]c3ccccc23)c1. The number of hydrogen-bond acceptors (Lipinski definition) is 2. The van der Waals surface area contributed by atoms with Gasteiger partial charge in [0.2, 0.25) is 0 Å². The van der Waals surface area contributed by atoms with Crippen LogP contribution < -0.4 is 5.32 Å². The molecule has 5 heteroatoms. The number of benzene rings is 2. The minimum atomic E-state index is -0.859. The zero-order valence-electron chi connectivity index (χ0n) is 12.7. The Morgan fingerprint density at radius 2 is 1.83 bits per heavy atom. The molecule has 0 fully saturated rings. The van der Waals surface area contributed by atoms with E-state index in [4.69, 9.17) is 0 Å². The van der Waals surface area contributed by atoms with Crippen LogP contribution in [-0.4, -0.2) is 16.7 Å². The molecule has 2 N–H and O–H groups in total. The second kappa shape index (κ2) is 5.68. The van der Waals surface area contributed by atoms with Crippen molar-refractivity contribution in [2.45, 2.75) is 13.8 Å². The number of amides is 1. The number of aromatic amines is 1. The Morgan fingerprint density at radius 1 is 1.09 bits per heavy atom. The van der Waals surface area contributed by atoms with Crippen LogP contribution in [0, 0.1) is 19.7 Å². The predicted octanol–water partition coefficient (Wildman–Crippen LogP) is 3.75. The minimum Gasteiger partial charge on any atom is -0.358 e. The van der Waals surface area contributed by atoms with E-state index in [1.165, 1.54) is 12.1 Å². The lowest BCUT2D eigenvalue weighted by atomic mass is 10.1. The van der Waals surface area contributed by atoms with E-state index in [2.05, 4.69) is 10.3 Å². The van der Waals surface area contributed by atoms with Crippen molar-refractivity contribution in [2.75, 3.05) is 5.32 Å². The molecule has 0 atom stereocenters. The largest absolute Gasteiger partial charge is 0.358 e. The number of aromatic nitrogens is 1. The molecule has 0 unspecified atom stereocenters. The quantitative estimate of drug-likeness (QED) is 0.572. The lowest BCUT2D eigenvalue weighted by Crippen LogP contribution is -2.24. The molecule has 3 rings (SSSR count). The van der Waals surface area contributed by atoms with Gasteiger partial charge in [0.25, 0.3) is 11.7 Å². The Bertz CT molecular complexity index is 928. The molecule has 0 bridgehead atoms. The van der Waals surface area contributed by atoms with E-state index < -0.39 is 17.5 Å². The number of nitrogens with one attached hydrogen (secondary N) is 2. The Kier molecular flexibility index (Phi) is 3.70. The second-order valence-corrected chi connectivity index (χ2v) is 5.44. The predicted molar refractivity (Wildman–Crippen MR) is 87.1 cm³/mol. The normalized spacial score (nSPS) is 10.7. The van der Waals surface area contributed by atoms with Crippen LogP contribution in [0.4, 0.5) is 10.1 Å². The molecule has 1 aromatic heterocycles. The summed E-state index contributed by atoms with van der Waals surface area (Å²) in [7, 11) is 0. The first kappa shape index (κ1) is 15.0. The molecule has 0 saturated heterocycles. The van der Waals surface area contributed by atoms with E-state index in [0.29, 0.717) is 16.6 Å². The standard InChI is InChI=1S/C18H15FN2O2/c1-10-7-8-13(19)15(9-10)21-18(23)17(22)16-11(2)20-14-6-4-3-5-12(14)16/h3-9,20H,1-2H3,(H,21,23). The molecule has 0 aliphatic rings. The number of halogens is 1. The fourth-order valence-electron chi connectivity index (χ4n) is 2.60. The van der Waals surface area contributed by atoms with E-state index in [0.717, 1.165) is 11.1 Å². The zero-order chi connectivity index (χ0) is 16.6. The highest BCUT2D eigenvalue weighted by atomic mass is 19.1. The summed E-state index contributed by atoms with van der Waals surface area (Å²) in [5.41, 5.74) is 2.49. The van der Waals surface area contributed by atoms with Gasteiger partial charge in [-0.3, -0.25) is 9.59 Å². The van der Waals surface area contributed by atoms with Crippen molar-refractivity contribution in [1.82, 2.24) is 4.98 Å². The monoisotopic (exact) mass is 310 g/mol. The van der Waals surface area contributed by atoms with Crippen LogP contribution in [0.1, 0.15) is 21.6 Å². The maximum atomic E-state index is 13.7. The van der Waals surface area contributed by atoms with Gasteiger partial charge in [-0.1, -0.05) is 24.3 Å². The first-order valence-corrected chi connectivity index (χ1v) is 7.16. The number of hydrogen-bond donors (Lipinski definition) is 2. The van der Waals surface area contributed by atoms with Crippen LogP contribution in [0.5, 0.6) is 0 Å². The molecular formula is C18H15FN2O2. The number of anilines is 1. The number of para-hydroxylation sites is 1. The van der Waals surface area contributed by atoms with Gasteiger partial charge in [0.1, 0.15) is 5.82 Å². The number of Topliss-reactive ketones (excluding diaryl/α,β-unsaturated/α-hetero) is 1. The average molecular weight is 310 g/mol. The highest BCUT2D eigenvalue weighted by Gasteiger charge is 2.23. The van der Waals surface area contributed by atoms with Crippen molar-refractivity contribution >= 4 is 28.3 Å². The van der Waals surface area contributed by atoms with E-state index in [1.807, 2.05) is 12.1 Å². The number of carbonyl (C=O) groups excluding carboxylic acids is 2. The van der Waals surface area contributed by atoms with Crippen molar-refractivity contribution < 1.29 is 14.0 Å². The molecule has 0 saturated carbocycles. The average Bonchev–Trinajstić information content (AvgIpc) is 2.86. The van der Waals surface area contributed by atoms with Gasteiger partial charge in [-0.2, -0.15) is 0 Å². The Hall–Kier alpha value is -2.95. The third-order valence-electron chi connectivity index (χ3n) is 3.70. The third-order valence-corrected chi connectivity index (χ3v) is 3.70. The molecule has 23 heavy (non-hydrogen) atoms. The van der Waals surface area contributed by atoms with Crippen molar-refractivity contribution in [3.63, 3.8) is 0 Å². The molecule has 3 aromatic rings.